The van der Waals surface area contributed by atoms with Gasteiger partial charge >= 0.3 is 12.3 Å². The smallest absolute Gasteiger partial charge is 0.373 e. The van der Waals surface area contributed by atoms with Crippen molar-refractivity contribution in [1.29, 1.82) is 0 Å². The summed E-state index contributed by atoms with van der Waals surface area (Å²) in [5.74, 6) is 2.31. The molecule has 0 atom stereocenters. The molecule has 9 aromatic carbocycles. The number of carbonyl (C=O) groups excluding carboxylic acids is 7. The lowest BCUT2D eigenvalue weighted by Crippen LogP contribution is -2.08. The number of rotatable bonds is 12. The van der Waals surface area contributed by atoms with E-state index in [1.807, 2.05) is 172 Å². The minimum atomic E-state index is -0.0335. The fourth-order valence-electron chi connectivity index (χ4n) is 8.84. The lowest BCUT2D eigenvalue weighted by molar-refractivity contribution is -0.193. The number of aryl methyl sites for hydroxylation is 4. The Kier molecular flexibility index (Phi) is 39.0. The molecule has 0 aromatic heterocycles. The van der Waals surface area contributed by atoms with Gasteiger partial charge in [-0.15, -0.1) is 0 Å². The third-order valence-corrected chi connectivity index (χ3v) is 13.9. The van der Waals surface area contributed by atoms with E-state index in [9.17, 15) is 19.5 Å². The summed E-state index contributed by atoms with van der Waals surface area (Å²) in [6.07, 6.45) is 10.5. The number of hydrogen-bond donors (Lipinski definition) is 3. The Morgan fingerprint density at radius 3 is 1.24 bits per heavy atom. The maximum absolute atomic E-state index is 11.2. The van der Waals surface area contributed by atoms with Gasteiger partial charge in [0.05, 0.1) is 13.7 Å². The average molecular weight is 1230 g/mol. The Morgan fingerprint density at radius 1 is 0.473 bits per heavy atom. The van der Waals surface area contributed by atoms with Gasteiger partial charge in [0.25, 0.3) is 0 Å². The van der Waals surface area contributed by atoms with Crippen LogP contribution in [0, 0.1) is 33.6 Å². The summed E-state index contributed by atoms with van der Waals surface area (Å²) in [5.41, 5.74) is 16.0. The van der Waals surface area contributed by atoms with Crippen LogP contribution in [0.4, 0.5) is 11.4 Å². The third kappa shape index (κ3) is 36.1. The highest BCUT2D eigenvalue weighted by Gasteiger charge is 2.14. The maximum Gasteiger partial charge on any atom is 0.373 e. The fraction of sp³-hybridized carbons (Fsp3) is 0.253. The highest BCUT2D eigenvalue weighted by molar-refractivity contribution is 5.94. The van der Waals surface area contributed by atoms with Crippen LogP contribution in [0.3, 0.4) is 0 Å². The molecule has 0 saturated heterocycles. The van der Waals surface area contributed by atoms with Gasteiger partial charge in [-0.2, -0.15) is 19.2 Å². The first-order chi connectivity index (χ1) is 43.7. The molecule has 1 fully saturated rings. The molecule has 9 aromatic rings. The molecule has 91 heavy (non-hydrogen) atoms. The second-order valence-corrected chi connectivity index (χ2v) is 21.8. The van der Waals surface area contributed by atoms with Gasteiger partial charge in [-0.25, -0.2) is 0 Å². The van der Waals surface area contributed by atoms with Crippen molar-refractivity contribution >= 4 is 41.2 Å². The largest absolute Gasteiger partial charge is 0.508 e. The van der Waals surface area contributed by atoms with E-state index >= 15 is 0 Å². The topological polar surface area (TPSA) is 184 Å². The summed E-state index contributed by atoms with van der Waals surface area (Å²) in [7, 11) is 5.65. The number of benzene rings is 9. The van der Waals surface area contributed by atoms with E-state index in [1.165, 1.54) is 89.1 Å². The lowest BCUT2D eigenvalue weighted by atomic mass is 9.85. The quantitative estimate of drug-likeness (QED) is 0.0989. The Labute approximate surface area is 539 Å². The molecule has 0 radical (unpaired) electrons. The van der Waals surface area contributed by atoms with Crippen LogP contribution >= 0.6 is 0 Å². The number of aromatic hydroxyl groups is 1. The minimum Gasteiger partial charge on any atom is -0.508 e. The molecule has 10 rings (SSSR count). The van der Waals surface area contributed by atoms with Crippen molar-refractivity contribution in [2.45, 2.75) is 106 Å². The van der Waals surface area contributed by atoms with E-state index in [0.29, 0.717) is 5.75 Å². The predicted molar refractivity (Wildman–Crippen MR) is 366 cm³/mol. The lowest BCUT2D eigenvalue weighted by Gasteiger charge is -2.21. The molecule has 3 N–H and O–H groups in total. The van der Waals surface area contributed by atoms with Gasteiger partial charge < -0.3 is 25.2 Å². The van der Waals surface area contributed by atoms with Gasteiger partial charge in [0, 0.05) is 43.5 Å². The number of aliphatic hydroxyl groups excluding tert-OH is 1. The minimum absolute atomic E-state index is 0.0335. The van der Waals surface area contributed by atoms with Crippen LogP contribution in [-0.4, -0.2) is 61.2 Å². The van der Waals surface area contributed by atoms with Crippen molar-refractivity contribution in [3.8, 4) is 11.5 Å². The molecule has 476 valence electrons. The molecule has 0 heterocycles. The summed E-state index contributed by atoms with van der Waals surface area (Å²) < 4.78 is 5.12. The van der Waals surface area contributed by atoms with Crippen molar-refractivity contribution < 1.29 is 48.5 Å². The molecular formula is C79H90N2O10. The van der Waals surface area contributed by atoms with Gasteiger partial charge in [-0.3, -0.25) is 14.4 Å². The second kappa shape index (κ2) is 46.1. The molecule has 0 bridgehead atoms. The zero-order valence-corrected chi connectivity index (χ0v) is 54.5. The maximum atomic E-state index is 11.2. The van der Waals surface area contributed by atoms with Crippen LogP contribution in [0.5, 0.6) is 11.5 Å². The number of anilines is 2. The number of nitrogens with zero attached hydrogens (tertiary/aromatic N) is 1. The normalized spacial score (nSPS) is 10.5. The number of ketones is 2. The molecule has 12 nitrogen and oxygen atoms in total. The molecule has 1 aliphatic carbocycles. The highest BCUT2D eigenvalue weighted by atomic mass is 16.5. The number of Topliss-reactive ketones (excluding diaryl/α,β-unsaturated/α-hetero) is 2. The Bertz CT molecular complexity index is 3470. The molecule has 0 spiro atoms. The predicted octanol–water partition coefficient (Wildman–Crippen LogP) is 16.8. The van der Waals surface area contributed by atoms with E-state index < -0.39 is 0 Å². The molecule has 0 aliphatic heterocycles. The van der Waals surface area contributed by atoms with Crippen molar-refractivity contribution in [2.24, 2.45) is 5.92 Å². The van der Waals surface area contributed by atoms with Crippen molar-refractivity contribution in [1.82, 2.24) is 0 Å². The van der Waals surface area contributed by atoms with Crippen molar-refractivity contribution in [3.63, 3.8) is 0 Å². The summed E-state index contributed by atoms with van der Waals surface area (Å²) in [4.78, 5) is 67.0. The van der Waals surface area contributed by atoms with Crippen LogP contribution in [0.1, 0.15) is 129 Å². The van der Waals surface area contributed by atoms with Crippen LogP contribution in [0.25, 0.3) is 0 Å². The van der Waals surface area contributed by atoms with Gasteiger partial charge in [0.15, 0.2) is 11.6 Å². The van der Waals surface area contributed by atoms with E-state index in [-0.39, 0.29) is 36.4 Å². The number of phenols is 1. The van der Waals surface area contributed by atoms with Crippen LogP contribution < -0.4 is 15.0 Å². The van der Waals surface area contributed by atoms with Crippen molar-refractivity contribution in [3.05, 3.63) is 297 Å². The van der Waals surface area contributed by atoms with Crippen molar-refractivity contribution in [2.75, 3.05) is 31.4 Å². The summed E-state index contributed by atoms with van der Waals surface area (Å²) >= 11 is 0. The van der Waals surface area contributed by atoms with E-state index in [1.54, 1.807) is 27.0 Å². The number of methoxy groups -OCH3 is 1. The van der Waals surface area contributed by atoms with E-state index in [4.69, 9.17) is 29.0 Å². The molecule has 1 saturated carbocycles. The van der Waals surface area contributed by atoms with Gasteiger partial charge in [0.1, 0.15) is 11.5 Å². The number of hydrogen-bond acceptors (Lipinski definition) is 11. The Balaban J connectivity index is 0.000000361. The fourth-order valence-corrected chi connectivity index (χ4v) is 8.84. The first kappa shape index (κ1) is 77.0. The second-order valence-electron chi connectivity index (χ2n) is 21.8. The Morgan fingerprint density at radius 2 is 0.846 bits per heavy atom. The zero-order valence-electron chi connectivity index (χ0n) is 54.5. The molecule has 12 heteroatoms. The SMILES string of the molecule is CC(=O)Nc1ccc(C)cc1.CC(=O)c1ccc(C)cc1.CN(C)c1ccc(CO)cc1.COc1ccc(Cc2ccc(C(C)=O)cc2)cc1.Cc1ccc(Cc2ccccc2)cc1.Cc1ccccc1.O=C=O.O=C=O.Oc1cccc(CC2CCCCC2)c1. The average Bonchev–Trinajstić information content (AvgIpc) is 3.71. The van der Waals surface area contributed by atoms with Crippen LogP contribution in [0.15, 0.2) is 231 Å². The molecule has 0 unspecified atom stereocenters. The monoisotopic (exact) mass is 1230 g/mol. The van der Waals surface area contributed by atoms with E-state index in [0.717, 1.165) is 59.0 Å². The first-order valence-corrected chi connectivity index (χ1v) is 30.1. The summed E-state index contributed by atoms with van der Waals surface area (Å²) in [6.45, 7) is 13.0. The number of amides is 1. The Hall–Kier alpha value is -10.1. The van der Waals surface area contributed by atoms with Gasteiger partial charge in [-0.05, 0) is 149 Å². The number of carbonyl (C=O) groups is 3. The molecule has 1 amide bonds. The van der Waals surface area contributed by atoms with E-state index in [2.05, 4.69) is 104 Å². The molecule has 1 aliphatic rings. The van der Waals surface area contributed by atoms with Gasteiger partial charge in [-0.1, -0.05) is 236 Å². The molecular weight excluding hydrogens is 1140 g/mol. The first-order valence-electron chi connectivity index (χ1n) is 30.1. The third-order valence-electron chi connectivity index (χ3n) is 13.9. The van der Waals surface area contributed by atoms with Crippen LogP contribution in [-0.2, 0) is 49.8 Å². The summed E-state index contributed by atoms with van der Waals surface area (Å²) in [6, 6.07) is 76.1. The number of nitrogens with one attached hydrogen (secondary N) is 1. The van der Waals surface area contributed by atoms with Gasteiger partial charge in [0.2, 0.25) is 5.91 Å². The number of ether oxygens (including phenoxy) is 1. The zero-order chi connectivity index (χ0) is 67.2. The van der Waals surface area contributed by atoms with Crippen LogP contribution in [0.2, 0.25) is 0 Å². The standard InChI is InChI=1S/C16H16O2.C14H14.C13H18O.C9H13NO.C9H11NO.C9H10O.C7H8.2CO2/c1-12(17)15-7-3-13(4-8-15)11-14-5-9-16(18-2)10-6-14;1-12-7-9-14(10-8-12)11-13-5-3-2-4-6-13;14-13-8-4-7-12(10-13)9-11-5-2-1-3-6-11;1-10(2)9-5-3-8(7-11)4-6-9;1-7-3-5-9(6-4-7)10-8(2)11;1-7-3-5-9(6-4-7)8(2)10;1-7-5-3-2-4-6-7;2*2-1-3/h3-10H,11H2,1-2H3;2-10H,11H2,1H3;4,7-8,10-11,14H,1-3,5-6,9H2;3-6,11H,7H2,1-2H3;3-6H,1-2H3,(H,10,11);3-6H,1-2H3;2-6H,1H3;;. The number of phenolic OH excluding ortho intramolecular Hbond substituents is 1. The number of aliphatic hydroxyl groups is 1. The highest BCUT2D eigenvalue weighted by Crippen LogP contribution is 2.28. The summed E-state index contributed by atoms with van der Waals surface area (Å²) in [5, 5.41) is 20.8.